The fourth-order valence-corrected chi connectivity index (χ4v) is 2.03. The monoisotopic (exact) mass is 293 g/mol. The van der Waals surface area contributed by atoms with Gasteiger partial charge in [0.25, 0.3) is 0 Å². The van der Waals surface area contributed by atoms with Crippen molar-refractivity contribution in [2.24, 2.45) is 0 Å². The highest BCUT2D eigenvalue weighted by atomic mass is 19.3. The number of ether oxygens (including phenoxy) is 2. The van der Waals surface area contributed by atoms with Crippen molar-refractivity contribution >= 4 is 5.69 Å². The summed E-state index contributed by atoms with van der Waals surface area (Å²) in [7, 11) is 0. The third kappa shape index (κ3) is 3.05. The molecule has 1 aliphatic heterocycles. The fraction of sp³-hybridized carbons (Fsp3) is 0.200. The third-order valence-electron chi connectivity index (χ3n) is 3.10. The highest BCUT2D eigenvalue weighted by Crippen LogP contribution is 2.42. The second-order valence-corrected chi connectivity index (χ2v) is 4.66. The van der Waals surface area contributed by atoms with E-state index in [4.69, 9.17) is 5.11 Å². The molecular weight excluding hydrogens is 280 g/mol. The van der Waals surface area contributed by atoms with Crippen molar-refractivity contribution < 1.29 is 23.4 Å². The van der Waals surface area contributed by atoms with Crippen molar-refractivity contribution in [3.8, 4) is 11.5 Å². The standard InChI is InChI=1S/C15H13F2NO3/c16-15(17)20-13-6-5-12(7-14(13)21-15)18-8-10-1-3-11(9-19)4-2-10/h1-7,18-19H,8-9H2. The molecule has 0 fully saturated rings. The van der Waals surface area contributed by atoms with Crippen LogP contribution in [0, 0.1) is 0 Å². The first-order valence-electron chi connectivity index (χ1n) is 6.38. The number of anilines is 1. The molecule has 0 unspecified atom stereocenters. The maximum atomic E-state index is 12.9. The summed E-state index contributed by atoms with van der Waals surface area (Å²) in [5.41, 5.74) is 2.50. The average Bonchev–Trinajstić information content (AvgIpc) is 2.78. The summed E-state index contributed by atoms with van der Waals surface area (Å²) in [6, 6.07) is 12.0. The predicted molar refractivity (Wildman–Crippen MR) is 72.3 cm³/mol. The van der Waals surface area contributed by atoms with Gasteiger partial charge in [-0.2, -0.15) is 0 Å². The van der Waals surface area contributed by atoms with Crippen LogP contribution in [0.2, 0.25) is 0 Å². The molecule has 2 aromatic rings. The van der Waals surface area contributed by atoms with Gasteiger partial charge in [0.2, 0.25) is 0 Å². The zero-order valence-corrected chi connectivity index (χ0v) is 11.0. The molecule has 0 bridgehead atoms. The summed E-state index contributed by atoms with van der Waals surface area (Å²) in [4.78, 5) is 0. The molecule has 0 aliphatic carbocycles. The number of nitrogens with one attached hydrogen (secondary N) is 1. The summed E-state index contributed by atoms with van der Waals surface area (Å²) in [5, 5.41) is 12.1. The Morgan fingerprint density at radius 2 is 1.62 bits per heavy atom. The maximum absolute atomic E-state index is 12.9. The van der Waals surface area contributed by atoms with Crippen molar-refractivity contribution in [2.45, 2.75) is 19.4 Å². The van der Waals surface area contributed by atoms with E-state index in [9.17, 15) is 8.78 Å². The van der Waals surface area contributed by atoms with E-state index in [1.807, 2.05) is 24.3 Å². The Morgan fingerprint density at radius 1 is 0.952 bits per heavy atom. The first-order valence-corrected chi connectivity index (χ1v) is 6.38. The molecule has 2 aromatic carbocycles. The Labute approximate surface area is 119 Å². The SMILES string of the molecule is OCc1ccc(CNc2ccc3c(c2)OC(F)(F)O3)cc1. The molecule has 0 amide bonds. The van der Waals surface area contributed by atoms with Gasteiger partial charge < -0.3 is 19.9 Å². The van der Waals surface area contributed by atoms with Crippen LogP contribution in [0.3, 0.4) is 0 Å². The number of hydrogen-bond donors (Lipinski definition) is 2. The molecule has 2 N–H and O–H groups in total. The van der Waals surface area contributed by atoms with E-state index in [2.05, 4.69) is 14.8 Å². The number of alkyl halides is 2. The smallest absolute Gasteiger partial charge is 0.395 e. The van der Waals surface area contributed by atoms with Crippen LogP contribution < -0.4 is 14.8 Å². The molecule has 1 heterocycles. The number of aliphatic hydroxyl groups excluding tert-OH is 1. The van der Waals surface area contributed by atoms with Crippen LogP contribution in [-0.2, 0) is 13.2 Å². The lowest BCUT2D eigenvalue weighted by Gasteiger charge is -2.07. The van der Waals surface area contributed by atoms with Gasteiger partial charge in [0.05, 0.1) is 6.61 Å². The van der Waals surface area contributed by atoms with Gasteiger partial charge in [-0.1, -0.05) is 24.3 Å². The lowest BCUT2D eigenvalue weighted by atomic mass is 10.1. The highest BCUT2D eigenvalue weighted by molar-refractivity contribution is 5.56. The number of fused-ring (bicyclic) bond motifs is 1. The minimum Gasteiger partial charge on any atom is -0.395 e. The van der Waals surface area contributed by atoms with Gasteiger partial charge in [0.1, 0.15) is 0 Å². The lowest BCUT2D eigenvalue weighted by Crippen LogP contribution is -2.25. The van der Waals surface area contributed by atoms with Gasteiger partial charge in [-0.15, -0.1) is 8.78 Å². The third-order valence-corrected chi connectivity index (χ3v) is 3.10. The number of aliphatic hydroxyl groups is 1. The van der Waals surface area contributed by atoms with E-state index in [0.29, 0.717) is 12.2 Å². The van der Waals surface area contributed by atoms with Crippen LogP contribution in [-0.4, -0.2) is 11.4 Å². The second-order valence-electron chi connectivity index (χ2n) is 4.66. The van der Waals surface area contributed by atoms with Crippen LogP contribution in [0.15, 0.2) is 42.5 Å². The molecule has 0 aromatic heterocycles. The quantitative estimate of drug-likeness (QED) is 0.909. The molecule has 0 saturated heterocycles. The molecule has 4 nitrogen and oxygen atoms in total. The van der Waals surface area contributed by atoms with Gasteiger partial charge in [-0.05, 0) is 23.3 Å². The molecule has 6 heteroatoms. The Balaban J connectivity index is 1.66. The molecule has 21 heavy (non-hydrogen) atoms. The van der Waals surface area contributed by atoms with Crippen molar-refractivity contribution in [2.75, 3.05) is 5.32 Å². The van der Waals surface area contributed by atoms with Crippen molar-refractivity contribution in [3.05, 3.63) is 53.6 Å². The summed E-state index contributed by atoms with van der Waals surface area (Å²) in [6.45, 7) is 0.534. The van der Waals surface area contributed by atoms with Crippen LogP contribution in [0.1, 0.15) is 11.1 Å². The Morgan fingerprint density at radius 3 is 2.33 bits per heavy atom. The first-order chi connectivity index (χ1) is 10.1. The zero-order valence-electron chi connectivity index (χ0n) is 11.0. The fourth-order valence-electron chi connectivity index (χ4n) is 2.03. The van der Waals surface area contributed by atoms with Gasteiger partial charge in [-0.25, -0.2) is 0 Å². The molecule has 0 spiro atoms. The number of rotatable bonds is 4. The summed E-state index contributed by atoms with van der Waals surface area (Å²) in [5.74, 6) is 0.0403. The van der Waals surface area contributed by atoms with E-state index >= 15 is 0 Å². The maximum Gasteiger partial charge on any atom is 0.586 e. The summed E-state index contributed by atoms with van der Waals surface area (Å²) >= 11 is 0. The minimum absolute atomic E-state index is 0.00405. The van der Waals surface area contributed by atoms with E-state index in [1.165, 1.54) is 12.1 Å². The van der Waals surface area contributed by atoms with E-state index in [0.717, 1.165) is 11.1 Å². The van der Waals surface area contributed by atoms with Gasteiger partial charge in [-0.3, -0.25) is 0 Å². The normalized spacial score (nSPS) is 15.0. The molecular formula is C15H13F2NO3. The number of hydrogen-bond acceptors (Lipinski definition) is 4. The van der Waals surface area contributed by atoms with E-state index < -0.39 is 6.29 Å². The molecule has 3 rings (SSSR count). The predicted octanol–water partition coefficient (Wildman–Crippen LogP) is 3.11. The van der Waals surface area contributed by atoms with Gasteiger partial charge >= 0.3 is 6.29 Å². The molecule has 0 saturated carbocycles. The number of halogens is 2. The van der Waals surface area contributed by atoms with Gasteiger partial charge in [0.15, 0.2) is 11.5 Å². The molecule has 0 atom stereocenters. The van der Waals surface area contributed by atoms with Crippen LogP contribution in [0.5, 0.6) is 11.5 Å². The topological polar surface area (TPSA) is 50.7 Å². The molecule has 0 radical (unpaired) electrons. The van der Waals surface area contributed by atoms with Gasteiger partial charge in [0, 0.05) is 18.3 Å². The Hall–Kier alpha value is -2.34. The first kappa shape index (κ1) is 13.6. The molecule has 110 valence electrons. The average molecular weight is 293 g/mol. The van der Waals surface area contributed by atoms with Crippen molar-refractivity contribution in [3.63, 3.8) is 0 Å². The van der Waals surface area contributed by atoms with E-state index in [1.54, 1.807) is 6.07 Å². The Kier molecular flexibility index (Phi) is 3.39. The largest absolute Gasteiger partial charge is 0.586 e. The summed E-state index contributed by atoms with van der Waals surface area (Å²) in [6.07, 6.45) is -3.60. The Bertz CT molecular complexity index is 644. The minimum atomic E-state index is -3.60. The second kappa shape index (κ2) is 5.21. The number of benzene rings is 2. The lowest BCUT2D eigenvalue weighted by molar-refractivity contribution is -0.286. The van der Waals surface area contributed by atoms with Crippen molar-refractivity contribution in [1.29, 1.82) is 0 Å². The van der Waals surface area contributed by atoms with Crippen molar-refractivity contribution in [1.82, 2.24) is 0 Å². The highest BCUT2D eigenvalue weighted by Gasteiger charge is 2.43. The van der Waals surface area contributed by atoms with E-state index in [-0.39, 0.29) is 18.1 Å². The van der Waals surface area contributed by atoms with Crippen LogP contribution >= 0.6 is 0 Å². The van der Waals surface area contributed by atoms with Crippen LogP contribution in [0.25, 0.3) is 0 Å². The van der Waals surface area contributed by atoms with Crippen LogP contribution in [0.4, 0.5) is 14.5 Å². The summed E-state index contributed by atoms with van der Waals surface area (Å²) < 4.78 is 34.5. The molecule has 1 aliphatic rings. The zero-order chi connectivity index (χ0) is 14.9.